The minimum absolute atomic E-state index is 0.120. The number of carbonyl (C=O) groups excluding carboxylic acids is 1. The molecule has 0 radical (unpaired) electrons. The zero-order valence-electron chi connectivity index (χ0n) is 13.5. The molecule has 3 heterocycles. The number of fused-ring (bicyclic) bond motifs is 1. The molecule has 5 heteroatoms. The molecule has 5 nitrogen and oxygen atoms in total. The number of carbonyl (C=O) groups is 1. The van der Waals surface area contributed by atoms with Crippen molar-refractivity contribution >= 4 is 16.8 Å². The molecule has 1 N–H and O–H groups in total. The largest absolute Gasteiger partial charge is 0.378 e. The van der Waals surface area contributed by atoms with Crippen molar-refractivity contribution in [3.05, 3.63) is 36.0 Å². The number of para-hydroxylation sites is 1. The normalized spacial score (nSPS) is 21.9. The molecule has 1 spiro atoms. The van der Waals surface area contributed by atoms with E-state index in [0.717, 1.165) is 62.2 Å². The van der Waals surface area contributed by atoms with Gasteiger partial charge in [-0.05, 0) is 26.0 Å². The van der Waals surface area contributed by atoms with Crippen LogP contribution < -0.4 is 0 Å². The van der Waals surface area contributed by atoms with Crippen molar-refractivity contribution in [2.24, 2.45) is 0 Å². The summed E-state index contributed by atoms with van der Waals surface area (Å²) >= 11 is 0. The van der Waals surface area contributed by atoms with Gasteiger partial charge in [-0.3, -0.25) is 9.69 Å². The Labute approximate surface area is 136 Å². The molecule has 1 amide bonds. The fraction of sp³-hybridized carbons (Fsp3) is 0.500. The van der Waals surface area contributed by atoms with Crippen molar-refractivity contribution in [2.45, 2.75) is 18.4 Å². The molecular formula is C18H23N3O2. The highest BCUT2D eigenvalue weighted by atomic mass is 16.5. The van der Waals surface area contributed by atoms with Gasteiger partial charge in [0, 0.05) is 42.3 Å². The van der Waals surface area contributed by atoms with Crippen LogP contribution >= 0.6 is 0 Å². The third-order valence-corrected chi connectivity index (χ3v) is 5.55. The van der Waals surface area contributed by atoms with E-state index in [1.807, 2.05) is 35.4 Å². The predicted molar refractivity (Wildman–Crippen MR) is 89.6 cm³/mol. The Morgan fingerprint density at radius 2 is 2.00 bits per heavy atom. The van der Waals surface area contributed by atoms with Crippen LogP contribution in [0, 0.1) is 0 Å². The molecule has 0 saturated carbocycles. The number of piperidine rings is 1. The van der Waals surface area contributed by atoms with Crippen molar-refractivity contribution in [1.29, 1.82) is 0 Å². The molecule has 2 aliphatic heterocycles. The zero-order chi connectivity index (χ0) is 15.9. The summed E-state index contributed by atoms with van der Waals surface area (Å²) in [6.45, 7) is 4.18. The van der Waals surface area contributed by atoms with E-state index in [9.17, 15) is 4.79 Å². The summed E-state index contributed by atoms with van der Waals surface area (Å²) in [7, 11) is 2.18. The third-order valence-electron chi connectivity index (χ3n) is 5.55. The van der Waals surface area contributed by atoms with E-state index in [1.54, 1.807) is 0 Å². The average Bonchev–Trinajstić information content (AvgIpc) is 3.02. The number of likely N-dealkylation sites (N-methyl/N-ethyl adjacent to an activating group) is 1. The minimum atomic E-state index is 0.120. The Bertz CT molecular complexity index is 716. The standard InChI is InChI=1S/C18H23N3O2/c1-20-10-11-23-13-18(20)6-8-21(9-7-18)17(22)15-12-19-16-5-3-2-4-14(15)16/h2-5,12,19H,6-11,13H2,1H3. The first-order valence-corrected chi connectivity index (χ1v) is 8.34. The second-order valence-electron chi connectivity index (χ2n) is 6.74. The Hall–Kier alpha value is -1.85. The monoisotopic (exact) mass is 313 g/mol. The van der Waals surface area contributed by atoms with Crippen LogP contribution in [-0.2, 0) is 4.74 Å². The van der Waals surface area contributed by atoms with Crippen molar-refractivity contribution in [1.82, 2.24) is 14.8 Å². The Morgan fingerprint density at radius 3 is 2.78 bits per heavy atom. The number of benzene rings is 1. The van der Waals surface area contributed by atoms with Gasteiger partial charge in [-0.1, -0.05) is 18.2 Å². The first-order valence-electron chi connectivity index (χ1n) is 8.34. The summed E-state index contributed by atoms with van der Waals surface area (Å²) in [6, 6.07) is 7.97. The molecule has 4 rings (SSSR count). The van der Waals surface area contributed by atoms with E-state index in [1.165, 1.54) is 0 Å². The number of ether oxygens (including phenoxy) is 1. The lowest BCUT2D eigenvalue weighted by Crippen LogP contribution is -2.60. The molecule has 0 unspecified atom stereocenters. The quantitative estimate of drug-likeness (QED) is 0.877. The van der Waals surface area contributed by atoms with Crippen LogP contribution in [0.3, 0.4) is 0 Å². The third kappa shape index (κ3) is 2.44. The molecule has 2 fully saturated rings. The first-order chi connectivity index (χ1) is 11.2. The van der Waals surface area contributed by atoms with Gasteiger partial charge in [-0.25, -0.2) is 0 Å². The van der Waals surface area contributed by atoms with E-state index in [0.29, 0.717) is 0 Å². The van der Waals surface area contributed by atoms with Crippen LogP contribution in [0.1, 0.15) is 23.2 Å². The number of likely N-dealkylation sites (tertiary alicyclic amines) is 1. The predicted octanol–water partition coefficient (Wildman–Crippen LogP) is 2.10. The smallest absolute Gasteiger partial charge is 0.256 e. The fourth-order valence-electron chi connectivity index (χ4n) is 3.88. The van der Waals surface area contributed by atoms with Gasteiger partial charge in [0.05, 0.1) is 18.8 Å². The number of rotatable bonds is 1. The van der Waals surface area contributed by atoms with Gasteiger partial charge in [0.1, 0.15) is 0 Å². The Morgan fingerprint density at radius 1 is 1.22 bits per heavy atom. The number of nitrogens with zero attached hydrogens (tertiary/aromatic N) is 2. The molecule has 0 bridgehead atoms. The maximum atomic E-state index is 12.9. The van der Waals surface area contributed by atoms with Gasteiger partial charge < -0.3 is 14.6 Å². The van der Waals surface area contributed by atoms with E-state index in [2.05, 4.69) is 16.9 Å². The molecule has 122 valence electrons. The maximum Gasteiger partial charge on any atom is 0.256 e. The topological polar surface area (TPSA) is 48.6 Å². The van der Waals surface area contributed by atoms with E-state index in [-0.39, 0.29) is 11.4 Å². The van der Waals surface area contributed by atoms with E-state index < -0.39 is 0 Å². The second kappa shape index (κ2) is 5.65. The number of nitrogens with one attached hydrogen (secondary N) is 1. The summed E-state index contributed by atoms with van der Waals surface area (Å²) < 4.78 is 5.71. The molecule has 2 saturated heterocycles. The SMILES string of the molecule is CN1CCOCC12CCN(C(=O)c1c[nH]c3ccccc13)CC2. The minimum Gasteiger partial charge on any atom is -0.378 e. The number of H-pyrrole nitrogens is 1. The zero-order valence-corrected chi connectivity index (χ0v) is 13.5. The van der Waals surface area contributed by atoms with Gasteiger partial charge in [0.2, 0.25) is 0 Å². The summed E-state index contributed by atoms with van der Waals surface area (Å²) in [5, 5.41) is 1.01. The highest BCUT2D eigenvalue weighted by molar-refractivity contribution is 6.06. The van der Waals surface area contributed by atoms with Crippen LogP contribution in [0.25, 0.3) is 10.9 Å². The molecule has 2 aliphatic rings. The van der Waals surface area contributed by atoms with Gasteiger partial charge in [0.25, 0.3) is 5.91 Å². The molecule has 2 aromatic rings. The molecule has 0 atom stereocenters. The molecule has 1 aromatic heterocycles. The van der Waals surface area contributed by atoms with Crippen LogP contribution in [0.2, 0.25) is 0 Å². The molecule has 23 heavy (non-hydrogen) atoms. The summed E-state index contributed by atoms with van der Waals surface area (Å²) in [4.78, 5) is 20.5. The fourth-order valence-corrected chi connectivity index (χ4v) is 3.88. The van der Waals surface area contributed by atoms with Crippen molar-refractivity contribution in [3.63, 3.8) is 0 Å². The number of aromatic nitrogens is 1. The van der Waals surface area contributed by atoms with Gasteiger partial charge in [-0.15, -0.1) is 0 Å². The van der Waals surface area contributed by atoms with Gasteiger partial charge in [0.15, 0.2) is 0 Å². The van der Waals surface area contributed by atoms with Crippen molar-refractivity contribution < 1.29 is 9.53 Å². The number of hydrogen-bond acceptors (Lipinski definition) is 3. The summed E-state index contributed by atoms with van der Waals surface area (Å²) in [5.74, 6) is 0.136. The van der Waals surface area contributed by atoms with Crippen LogP contribution in [0.5, 0.6) is 0 Å². The van der Waals surface area contributed by atoms with E-state index >= 15 is 0 Å². The van der Waals surface area contributed by atoms with Crippen LogP contribution in [0.4, 0.5) is 0 Å². The van der Waals surface area contributed by atoms with Crippen molar-refractivity contribution in [3.8, 4) is 0 Å². The summed E-state index contributed by atoms with van der Waals surface area (Å²) in [5.41, 5.74) is 1.92. The Kier molecular flexibility index (Phi) is 3.62. The molecule has 1 aromatic carbocycles. The van der Waals surface area contributed by atoms with Crippen LogP contribution in [-0.4, -0.2) is 66.1 Å². The van der Waals surface area contributed by atoms with E-state index in [4.69, 9.17) is 4.74 Å². The van der Waals surface area contributed by atoms with Crippen LogP contribution in [0.15, 0.2) is 30.5 Å². The average molecular weight is 313 g/mol. The lowest BCUT2D eigenvalue weighted by Gasteiger charge is -2.49. The highest BCUT2D eigenvalue weighted by Crippen LogP contribution is 2.31. The number of amides is 1. The molecule has 0 aliphatic carbocycles. The number of hydrogen-bond donors (Lipinski definition) is 1. The number of aromatic amines is 1. The van der Waals surface area contributed by atoms with Gasteiger partial charge in [-0.2, -0.15) is 0 Å². The Balaban J connectivity index is 1.51. The number of morpholine rings is 1. The van der Waals surface area contributed by atoms with Gasteiger partial charge >= 0.3 is 0 Å². The summed E-state index contributed by atoms with van der Waals surface area (Å²) in [6.07, 6.45) is 3.81. The lowest BCUT2D eigenvalue weighted by atomic mass is 9.85. The first kappa shape index (κ1) is 14.7. The lowest BCUT2D eigenvalue weighted by molar-refractivity contribution is -0.0796. The maximum absolute atomic E-state index is 12.9. The highest BCUT2D eigenvalue weighted by Gasteiger charge is 2.41. The second-order valence-corrected chi connectivity index (χ2v) is 6.74. The molecular weight excluding hydrogens is 290 g/mol. The van der Waals surface area contributed by atoms with Crippen molar-refractivity contribution in [2.75, 3.05) is 39.9 Å².